The third-order valence-corrected chi connectivity index (χ3v) is 2.75. The lowest BCUT2D eigenvalue weighted by atomic mass is 10.1. The molecule has 0 amide bonds. The van der Waals surface area contributed by atoms with Gasteiger partial charge in [0.05, 0.1) is 18.2 Å². The molecule has 2 N–H and O–H groups in total. The summed E-state index contributed by atoms with van der Waals surface area (Å²) in [5.41, 5.74) is 0.771. The molecule has 0 spiro atoms. The second-order valence-electron chi connectivity index (χ2n) is 4.39. The van der Waals surface area contributed by atoms with E-state index in [4.69, 9.17) is 10.00 Å². The molecule has 0 saturated carbocycles. The molecule has 7 heteroatoms. The van der Waals surface area contributed by atoms with Crippen LogP contribution < -0.4 is 10.6 Å². The van der Waals surface area contributed by atoms with E-state index in [0.29, 0.717) is 23.7 Å². The van der Waals surface area contributed by atoms with Crippen molar-refractivity contribution in [2.75, 3.05) is 26.8 Å². The minimum Gasteiger partial charge on any atom is -0.385 e. The van der Waals surface area contributed by atoms with Crippen LogP contribution in [0.3, 0.4) is 0 Å². The Labute approximate surface area is 148 Å². The van der Waals surface area contributed by atoms with Crippen molar-refractivity contribution >= 4 is 29.9 Å². The van der Waals surface area contributed by atoms with Crippen LogP contribution in [0, 0.1) is 17.1 Å². The summed E-state index contributed by atoms with van der Waals surface area (Å²) >= 11 is 0. The lowest BCUT2D eigenvalue weighted by Crippen LogP contribution is -2.38. The number of hydrogen-bond donors (Lipinski definition) is 2. The Balaban J connectivity index is 0.00000441. The fraction of sp³-hybridized carbons (Fsp3) is 0.467. The van der Waals surface area contributed by atoms with Crippen molar-refractivity contribution < 1.29 is 9.13 Å². The second-order valence-corrected chi connectivity index (χ2v) is 4.39. The van der Waals surface area contributed by atoms with Crippen molar-refractivity contribution in [2.45, 2.75) is 19.9 Å². The van der Waals surface area contributed by atoms with Gasteiger partial charge in [0.15, 0.2) is 5.96 Å². The number of aliphatic imine (C=N–C) groups is 1. The zero-order valence-corrected chi connectivity index (χ0v) is 15.2. The molecule has 0 aromatic heterocycles. The summed E-state index contributed by atoms with van der Waals surface area (Å²) in [4.78, 5) is 4.33. The highest BCUT2D eigenvalue weighted by molar-refractivity contribution is 14.0. The molecule has 0 aliphatic heterocycles. The smallest absolute Gasteiger partial charge is 0.191 e. The van der Waals surface area contributed by atoms with E-state index in [1.807, 2.05) is 13.0 Å². The van der Waals surface area contributed by atoms with Gasteiger partial charge in [0.1, 0.15) is 5.82 Å². The van der Waals surface area contributed by atoms with E-state index >= 15 is 0 Å². The molecule has 1 rings (SSSR count). The fourth-order valence-corrected chi connectivity index (χ4v) is 1.67. The van der Waals surface area contributed by atoms with Crippen molar-refractivity contribution in [1.82, 2.24) is 10.6 Å². The summed E-state index contributed by atoms with van der Waals surface area (Å²) in [6.45, 7) is 4.32. The number of hydrogen-bond acceptors (Lipinski definition) is 3. The molecular formula is C15H22FIN4O. The summed E-state index contributed by atoms with van der Waals surface area (Å²) < 4.78 is 18.7. The molecule has 0 saturated heterocycles. The van der Waals surface area contributed by atoms with Gasteiger partial charge in [-0.2, -0.15) is 5.26 Å². The van der Waals surface area contributed by atoms with E-state index < -0.39 is 5.82 Å². The largest absolute Gasteiger partial charge is 0.385 e. The molecule has 0 aliphatic carbocycles. The first-order valence-electron chi connectivity index (χ1n) is 6.91. The van der Waals surface area contributed by atoms with Gasteiger partial charge in [0, 0.05) is 32.4 Å². The topological polar surface area (TPSA) is 69.4 Å². The lowest BCUT2D eigenvalue weighted by molar-refractivity contribution is 0.195. The summed E-state index contributed by atoms with van der Waals surface area (Å²) in [5, 5.41) is 15.0. The van der Waals surface area contributed by atoms with Gasteiger partial charge in [-0.1, -0.05) is 6.07 Å². The maximum absolute atomic E-state index is 13.7. The molecule has 22 heavy (non-hydrogen) atoms. The lowest BCUT2D eigenvalue weighted by Gasteiger charge is -2.11. The van der Waals surface area contributed by atoms with Gasteiger partial charge in [-0.3, -0.25) is 0 Å². The van der Waals surface area contributed by atoms with Gasteiger partial charge in [-0.25, -0.2) is 9.38 Å². The van der Waals surface area contributed by atoms with Crippen LogP contribution in [0.4, 0.5) is 4.39 Å². The highest BCUT2D eigenvalue weighted by Crippen LogP contribution is 2.10. The van der Waals surface area contributed by atoms with Crippen molar-refractivity contribution in [2.24, 2.45) is 4.99 Å². The van der Waals surface area contributed by atoms with Crippen LogP contribution in [-0.4, -0.2) is 32.8 Å². The van der Waals surface area contributed by atoms with Gasteiger partial charge >= 0.3 is 0 Å². The number of benzene rings is 1. The number of guanidine groups is 1. The van der Waals surface area contributed by atoms with Gasteiger partial charge in [-0.05, 0) is 25.5 Å². The minimum absolute atomic E-state index is 0. The van der Waals surface area contributed by atoms with E-state index in [-0.39, 0.29) is 30.5 Å². The Hall–Kier alpha value is -1.40. The van der Waals surface area contributed by atoms with E-state index in [9.17, 15) is 4.39 Å². The van der Waals surface area contributed by atoms with Crippen molar-refractivity contribution in [1.29, 1.82) is 5.26 Å². The predicted molar refractivity (Wildman–Crippen MR) is 95.8 cm³/mol. The molecule has 0 heterocycles. The number of ether oxygens (including phenoxy) is 1. The number of nitrogens with zero attached hydrogens (tertiary/aromatic N) is 2. The van der Waals surface area contributed by atoms with Crippen molar-refractivity contribution in [3.8, 4) is 6.07 Å². The van der Waals surface area contributed by atoms with Gasteiger partial charge in [-0.15, -0.1) is 24.0 Å². The van der Waals surface area contributed by atoms with Crippen LogP contribution in [-0.2, 0) is 11.3 Å². The standard InChI is InChI=1S/C15H21FN4O.HI/c1-3-18-15(19-7-4-8-21-2)20-11-13-6-5-12(10-17)9-14(13)16;/h5-6,9H,3-4,7-8,11H2,1-2H3,(H2,18,19,20);1H. The summed E-state index contributed by atoms with van der Waals surface area (Å²) in [5.74, 6) is 0.227. The second kappa shape index (κ2) is 12.2. The zero-order chi connectivity index (χ0) is 15.5. The van der Waals surface area contributed by atoms with Crippen LogP contribution in [0.15, 0.2) is 23.2 Å². The quantitative estimate of drug-likeness (QED) is 0.308. The minimum atomic E-state index is -0.409. The molecule has 0 aliphatic rings. The van der Waals surface area contributed by atoms with E-state index in [2.05, 4.69) is 15.6 Å². The molecular weight excluding hydrogens is 398 g/mol. The van der Waals surface area contributed by atoms with Crippen LogP contribution in [0.25, 0.3) is 0 Å². The molecule has 0 unspecified atom stereocenters. The van der Waals surface area contributed by atoms with Gasteiger partial charge < -0.3 is 15.4 Å². The van der Waals surface area contributed by atoms with E-state index in [0.717, 1.165) is 19.5 Å². The number of rotatable bonds is 7. The van der Waals surface area contributed by atoms with Crippen LogP contribution in [0.5, 0.6) is 0 Å². The van der Waals surface area contributed by atoms with Gasteiger partial charge in [0.2, 0.25) is 0 Å². The number of methoxy groups -OCH3 is 1. The molecule has 1 aromatic carbocycles. The number of halogens is 2. The molecule has 0 atom stereocenters. The highest BCUT2D eigenvalue weighted by Gasteiger charge is 2.04. The van der Waals surface area contributed by atoms with Crippen molar-refractivity contribution in [3.05, 3.63) is 35.1 Å². The van der Waals surface area contributed by atoms with Crippen LogP contribution in [0.1, 0.15) is 24.5 Å². The van der Waals surface area contributed by atoms with Crippen molar-refractivity contribution in [3.63, 3.8) is 0 Å². The monoisotopic (exact) mass is 420 g/mol. The van der Waals surface area contributed by atoms with E-state index in [1.54, 1.807) is 19.2 Å². The summed E-state index contributed by atoms with van der Waals surface area (Å²) in [6, 6.07) is 6.31. The molecule has 0 bridgehead atoms. The Bertz CT molecular complexity index is 517. The maximum Gasteiger partial charge on any atom is 0.191 e. The average molecular weight is 420 g/mol. The Kier molecular flexibility index (Phi) is 11.4. The molecule has 122 valence electrons. The number of nitriles is 1. The number of nitrogens with one attached hydrogen (secondary N) is 2. The predicted octanol–water partition coefficient (Wildman–Crippen LogP) is 2.41. The zero-order valence-electron chi connectivity index (χ0n) is 12.9. The Morgan fingerprint density at radius 3 is 2.77 bits per heavy atom. The molecule has 1 aromatic rings. The van der Waals surface area contributed by atoms with Gasteiger partial charge in [0.25, 0.3) is 0 Å². The third-order valence-electron chi connectivity index (χ3n) is 2.75. The Morgan fingerprint density at radius 1 is 1.41 bits per heavy atom. The highest BCUT2D eigenvalue weighted by atomic mass is 127. The van der Waals surface area contributed by atoms with Crippen LogP contribution >= 0.6 is 24.0 Å². The molecule has 5 nitrogen and oxygen atoms in total. The SMILES string of the molecule is CCNC(=NCc1ccc(C#N)cc1F)NCCCOC.I. The van der Waals surface area contributed by atoms with Crippen LogP contribution in [0.2, 0.25) is 0 Å². The molecule has 0 fully saturated rings. The normalized spacial score (nSPS) is 10.5. The third kappa shape index (κ3) is 7.56. The molecule has 0 radical (unpaired) electrons. The summed E-state index contributed by atoms with van der Waals surface area (Å²) in [7, 11) is 1.66. The summed E-state index contributed by atoms with van der Waals surface area (Å²) in [6.07, 6.45) is 0.867. The first-order valence-corrected chi connectivity index (χ1v) is 6.91. The Morgan fingerprint density at radius 2 is 2.18 bits per heavy atom. The maximum atomic E-state index is 13.7. The average Bonchev–Trinajstić information content (AvgIpc) is 2.49. The first-order chi connectivity index (χ1) is 10.2. The van der Waals surface area contributed by atoms with E-state index in [1.165, 1.54) is 6.07 Å². The fourth-order valence-electron chi connectivity index (χ4n) is 1.67. The first kappa shape index (κ1) is 20.6.